The van der Waals surface area contributed by atoms with Crippen molar-refractivity contribution in [1.82, 2.24) is 4.90 Å². The van der Waals surface area contributed by atoms with Crippen LogP contribution in [0.15, 0.2) is 66.7 Å². The van der Waals surface area contributed by atoms with E-state index in [2.05, 4.69) is 0 Å². The molecule has 0 radical (unpaired) electrons. The van der Waals surface area contributed by atoms with Crippen LogP contribution in [0.3, 0.4) is 0 Å². The summed E-state index contributed by atoms with van der Waals surface area (Å²) in [4.78, 5) is 26.7. The van der Waals surface area contributed by atoms with Crippen molar-refractivity contribution in [3.05, 3.63) is 77.3 Å². The number of carbonyl (C=O) groups excluding carboxylic acids is 2. The van der Waals surface area contributed by atoms with Crippen molar-refractivity contribution in [3.63, 3.8) is 0 Å². The molecule has 0 saturated carbocycles. The van der Waals surface area contributed by atoms with Gasteiger partial charge in [-0.25, -0.2) is 0 Å². The second-order valence-corrected chi connectivity index (χ2v) is 7.08. The van der Waals surface area contributed by atoms with Gasteiger partial charge in [-0.3, -0.25) is 9.59 Å². The predicted octanol–water partition coefficient (Wildman–Crippen LogP) is 4.45. The highest BCUT2D eigenvalue weighted by molar-refractivity contribution is 6.35. The highest BCUT2D eigenvalue weighted by atomic mass is 35.5. The molecule has 3 aromatic carbocycles. The van der Waals surface area contributed by atoms with Crippen molar-refractivity contribution in [3.8, 4) is 5.75 Å². The fourth-order valence-corrected chi connectivity index (χ4v) is 3.63. The third kappa shape index (κ3) is 3.67. The van der Waals surface area contributed by atoms with Gasteiger partial charge in [0.05, 0.1) is 5.92 Å². The number of hydrogen-bond donors (Lipinski definition) is 0. The van der Waals surface area contributed by atoms with Crippen LogP contribution >= 0.6 is 11.6 Å². The fourth-order valence-electron chi connectivity index (χ4n) is 3.40. The number of benzene rings is 3. The number of nitrogens with zero attached hydrogens (tertiary/aromatic N) is 1. The number of carbonyl (C=O) groups is 2. The molecule has 4 rings (SSSR count). The van der Waals surface area contributed by atoms with Gasteiger partial charge in [0.25, 0.3) is 0 Å². The van der Waals surface area contributed by atoms with Crippen LogP contribution in [0.25, 0.3) is 10.8 Å². The number of fused-ring (bicyclic) bond motifs is 1. The third-order valence-corrected chi connectivity index (χ3v) is 5.14. The second-order valence-electron chi connectivity index (χ2n) is 6.67. The molecule has 1 heterocycles. The van der Waals surface area contributed by atoms with Gasteiger partial charge < -0.3 is 9.64 Å². The zero-order valence-corrected chi connectivity index (χ0v) is 15.4. The van der Waals surface area contributed by atoms with Crippen LogP contribution < -0.4 is 4.74 Å². The standard InChI is InChI=1S/C22H18ClNO3/c23-19-10-11-20(18-9-5-4-8-17(18)19)27-22(26)16-12-21(25)24(14-16)13-15-6-2-1-3-7-15/h1-11,16H,12-14H2. The normalized spacial score (nSPS) is 16.7. The van der Waals surface area contributed by atoms with Crippen molar-refractivity contribution >= 4 is 34.2 Å². The smallest absolute Gasteiger partial charge is 0.316 e. The molecule has 0 spiro atoms. The van der Waals surface area contributed by atoms with Crippen LogP contribution in [-0.2, 0) is 16.1 Å². The molecular weight excluding hydrogens is 362 g/mol. The Balaban J connectivity index is 1.48. The van der Waals surface area contributed by atoms with E-state index < -0.39 is 5.92 Å². The van der Waals surface area contributed by atoms with Crippen molar-refractivity contribution in [2.45, 2.75) is 13.0 Å². The Morgan fingerprint density at radius 3 is 2.48 bits per heavy atom. The number of esters is 1. The summed E-state index contributed by atoms with van der Waals surface area (Å²) >= 11 is 6.22. The molecule has 5 heteroatoms. The predicted molar refractivity (Wildman–Crippen MR) is 105 cm³/mol. The van der Waals surface area contributed by atoms with Gasteiger partial charge in [-0.1, -0.05) is 66.2 Å². The van der Waals surface area contributed by atoms with Gasteiger partial charge in [0.2, 0.25) is 5.91 Å². The van der Waals surface area contributed by atoms with Gasteiger partial charge in [-0.15, -0.1) is 0 Å². The van der Waals surface area contributed by atoms with E-state index in [-0.39, 0.29) is 18.3 Å². The molecule has 3 aromatic rings. The van der Waals surface area contributed by atoms with E-state index in [4.69, 9.17) is 16.3 Å². The van der Waals surface area contributed by atoms with E-state index >= 15 is 0 Å². The van der Waals surface area contributed by atoms with Gasteiger partial charge in [0.15, 0.2) is 0 Å². The van der Waals surface area contributed by atoms with E-state index in [1.165, 1.54) is 0 Å². The molecule has 1 saturated heterocycles. The van der Waals surface area contributed by atoms with E-state index in [1.54, 1.807) is 17.0 Å². The van der Waals surface area contributed by atoms with Gasteiger partial charge in [-0.05, 0) is 17.7 Å². The Morgan fingerprint density at radius 1 is 1.00 bits per heavy atom. The number of ether oxygens (including phenoxy) is 1. The van der Waals surface area contributed by atoms with Crippen molar-refractivity contribution in [2.75, 3.05) is 6.54 Å². The maximum atomic E-state index is 12.7. The molecule has 1 amide bonds. The lowest BCUT2D eigenvalue weighted by atomic mass is 10.1. The maximum absolute atomic E-state index is 12.7. The van der Waals surface area contributed by atoms with Gasteiger partial charge >= 0.3 is 5.97 Å². The molecule has 1 unspecified atom stereocenters. The zero-order valence-electron chi connectivity index (χ0n) is 14.6. The number of rotatable bonds is 4. The van der Waals surface area contributed by atoms with Crippen molar-refractivity contribution < 1.29 is 14.3 Å². The minimum atomic E-state index is -0.462. The van der Waals surface area contributed by atoms with Gasteiger partial charge in [0, 0.05) is 35.3 Å². The molecule has 1 fully saturated rings. The monoisotopic (exact) mass is 379 g/mol. The molecule has 4 nitrogen and oxygen atoms in total. The Hall–Kier alpha value is -2.85. The summed E-state index contributed by atoms with van der Waals surface area (Å²) in [5, 5.41) is 2.22. The molecule has 1 aliphatic heterocycles. The van der Waals surface area contributed by atoms with Crippen LogP contribution in [0.2, 0.25) is 5.02 Å². The number of likely N-dealkylation sites (tertiary alicyclic amines) is 1. The molecular formula is C22H18ClNO3. The van der Waals surface area contributed by atoms with Crippen molar-refractivity contribution in [1.29, 1.82) is 0 Å². The van der Waals surface area contributed by atoms with E-state index in [0.717, 1.165) is 16.3 Å². The fraction of sp³-hybridized carbons (Fsp3) is 0.182. The Kier molecular flexibility index (Phi) is 4.82. The Labute approximate surface area is 162 Å². The maximum Gasteiger partial charge on any atom is 0.316 e. The van der Waals surface area contributed by atoms with Crippen LogP contribution in [0, 0.1) is 5.92 Å². The molecule has 0 aromatic heterocycles. The first-order chi connectivity index (χ1) is 13.1. The van der Waals surface area contributed by atoms with Gasteiger partial charge in [0.1, 0.15) is 5.75 Å². The average Bonchev–Trinajstić information content (AvgIpc) is 3.06. The summed E-state index contributed by atoms with van der Waals surface area (Å²) in [6, 6.07) is 20.7. The average molecular weight is 380 g/mol. The summed E-state index contributed by atoms with van der Waals surface area (Å²) in [6.07, 6.45) is 0.178. The van der Waals surface area contributed by atoms with E-state index in [1.807, 2.05) is 54.6 Å². The first-order valence-corrected chi connectivity index (χ1v) is 9.20. The molecule has 0 N–H and O–H groups in total. The van der Waals surface area contributed by atoms with Crippen LogP contribution in [-0.4, -0.2) is 23.3 Å². The number of hydrogen-bond acceptors (Lipinski definition) is 3. The summed E-state index contributed by atoms with van der Waals surface area (Å²) in [5.41, 5.74) is 1.04. The lowest BCUT2D eigenvalue weighted by Gasteiger charge is -2.16. The molecule has 0 aliphatic carbocycles. The quantitative estimate of drug-likeness (QED) is 0.497. The first-order valence-electron chi connectivity index (χ1n) is 8.82. The molecule has 1 atom stereocenters. The third-order valence-electron chi connectivity index (χ3n) is 4.81. The number of halogens is 1. The summed E-state index contributed by atoms with van der Waals surface area (Å²) < 4.78 is 5.64. The van der Waals surface area contributed by atoms with E-state index in [9.17, 15) is 9.59 Å². The van der Waals surface area contributed by atoms with Crippen molar-refractivity contribution in [2.24, 2.45) is 5.92 Å². The lowest BCUT2D eigenvalue weighted by Crippen LogP contribution is -2.27. The topological polar surface area (TPSA) is 46.6 Å². The van der Waals surface area contributed by atoms with Crippen LogP contribution in [0.1, 0.15) is 12.0 Å². The first kappa shape index (κ1) is 17.6. The van der Waals surface area contributed by atoms with E-state index in [0.29, 0.717) is 23.9 Å². The summed E-state index contributed by atoms with van der Waals surface area (Å²) in [5.74, 6) is -0.405. The Bertz CT molecular complexity index is 1000. The van der Waals surface area contributed by atoms with Crippen LogP contribution in [0.5, 0.6) is 5.75 Å². The largest absolute Gasteiger partial charge is 0.426 e. The lowest BCUT2D eigenvalue weighted by molar-refractivity contribution is -0.139. The van der Waals surface area contributed by atoms with Crippen LogP contribution in [0.4, 0.5) is 0 Å². The highest BCUT2D eigenvalue weighted by Gasteiger charge is 2.35. The molecule has 136 valence electrons. The SMILES string of the molecule is O=C(Oc1ccc(Cl)c2ccccc12)C1CC(=O)N(Cc2ccccc2)C1. The molecule has 27 heavy (non-hydrogen) atoms. The molecule has 0 bridgehead atoms. The minimum absolute atomic E-state index is 0.0261. The Morgan fingerprint density at radius 2 is 1.70 bits per heavy atom. The second kappa shape index (κ2) is 7.41. The zero-order chi connectivity index (χ0) is 18.8. The highest BCUT2D eigenvalue weighted by Crippen LogP contribution is 2.32. The summed E-state index contributed by atoms with van der Waals surface area (Å²) in [7, 11) is 0. The van der Waals surface area contributed by atoms with Gasteiger partial charge in [-0.2, -0.15) is 0 Å². The number of amides is 1. The summed E-state index contributed by atoms with van der Waals surface area (Å²) in [6.45, 7) is 0.880. The molecule has 1 aliphatic rings. The minimum Gasteiger partial charge on any atom is -0.426 e.